The average molecular weight is 390 g/mol. The van der Waals surface area contributed by atoms with E-state index in [1.165, 1.54) is 18.2 Å². The first kappa shape index (κ1) is 17.7. The van der Waals surface area contributed by atoms with Crippen LogP contribution in [-0.2, 0) is 4.79 Å². The SMILES string of the molecule is O=C(/C=C/c1cccc(Br)c1)NCCNc1ccc([N+](=O)[O-])cc1. The maximum Gasteiger partial charge on any atom is 0.269 e. The number of nitro benzene ring substituents is 1. The summed E-state index contributed by atoms with van der Waals surface area (Å²) in [6, 6.07) is 13.8. The lowest BCUT2D eigenvalue weighted by atomic mass is 10.2. The summed E-state index contributed by atoms with van der Waals surface area (Å²) in [6.45, 7) is 0.965. The Morgan fingerprint density at radius 1 is 1.17 bits per heavy atom. The Morgan fingerprint density at radius 3 is 2.58 bits per heavy atom. The Bertz CT molecular complexity index is 745. The predicted molar refractivity (Wildman–Crippen MR) is 97.8 cm³/mol. The van der Waals surface area contributed by atoms with E-state index in [0.29, 0.717) is 13.1 Å². The van der Waals surface area contributed by atoms with Crippen molar-refractivity contribution < 1.29 is 9.72 Å². The second kappa shape index (κ2) is 8.83. The monoisotopic (exact) mass is 389 g/mol. The highest BCUT2D eigenvalue weighted by Gasteiger charge is 2.03. The van der Waals surface area contributed by atoms with Gasteiger partial charge in [-0.05, 0) is 35.9 Å². The number of carbonyl (C=O) groups excluding carboxylic acids is 1. The molecule has 2 rings (SSSR count). The summed E-state index contributed by atoms with van der Waals surface area (Å²) in [5.74, 6) is -0.180. The first-order valence-electron chi connectivity index (χ1n) is 7.24. The largest absolute Gasteiger partial charge is 0.383 e. The van der Waals surface area contributed by atoms with Gasteiger partial charge in [0.2, 0.25) is 5.91 Å². The normalized spacial score (nSPS) is 10.5. The predicted octanol–water partition coefficient (Wildman–Crippen LogP) is 3.60. The number of carbonyl (C=O) groups is 1. The minimum Gasteiger partial charge on any atom is -0.383 e. The molecule has 2 aromatic rings. The maximum atomic E-state index is 11.7. The fourth-order valence-corrected chi connectivity index (χ4v) is 2.35. The van der Waals surface area contributed by atoms with E-state index in [0.717, 1.165) is 15.7 Å². The summed E-state index contributed by atoms with van der Waals surface area (Å²) in [6.07, 6.45) is 3.22. The molecule has 0 radical (unpaired) electrons. The number of non-ortho nitro benzene ring substituents is 1. The highest BCUT2D eigenvalue weighted by molar-refractivity contribution is 9.10. The van der Waals surface area contributed by atoms with Crippen LogP contribution in [0.4, 0.5) is 11.4 Å². The van der Waals surface area contributed by atoms with Crippen LogP contribution in [0.15, 0.2) is 59.1 Å². The summed E-state index contributed by atoms with van der Waals surface area (Å²) in [5, 5.41) is 16.4. The number of amides is 1. The van der Waals surface area contributed by atoms with E-state index in [1.807, 2.05) is 24.3 Å². The van der Waals surface area contributed by atoms with Crippen LogP contribution in [-0.4, -0.2) is 23.9 Å². The van der Waals surface area contributed by atoms with E-state index in [1.54, 1.807) is 18.2 Å². The zero-order valence-electron chi connectivity index (χ0n) is 12.7. The van der Waals surface area contributed by atoms with Crippen molar-refractivity contribution in [1.29, 1.82) is 0 Å². The molecule has 0 fully saturated rings. The van der Waals surface area contributed by atoms with Gasteiger partial charge in [-0.1, -0.05) is 28.1 Å². The smallest absolute Gasteiger partial charge is 0.269 e. The number of hydrogen-bond donors (Lipinski definition) is 2. The molecule has 124 valence electrons. The lowest BCUT2D eigenvalue weighted by molar-refractivity contribution is -0.384. The summed E-state index contributed by atoms with van der Waals surface area (Å²) < 4.78 is 0.956. The molecular formula is C17H16BrN3O3. The zero-order chi connectivity index (χ0) is 17.4. The Balaban J connectivity index is 1.71. The Hall–Kier alpha value is -2.67. The van der Waals surface area contributed by atoms with Crippen LogP contribution in [0.25, 0.3) is 6.08 Å². The van der Waals surface area contributed by atoms with E-state index >= 15 is 0 Å². The van der Waals surface area contributed by atoms with Crippen molar-refractivity contribution >= 4 is 39.3 Å². The molecule has 2 N–H and O–H groups in total. The second-order valence-corrected chi connectivity index (χ2v) is 5.83. The van der Waals surface area contributed by atoms with Crippen LogP contribution in [0, 0.1) is 10.1 Å². The van der Waals surface area contributed by atoms with Crippen LogP contribution < -0.4 is 10.6 Å². The van der Waals surface area contributed by atoms with Crippen molar-refractivity contribution in [2.24, 2.45) is 0 Å². The molecule has 0 atom stereocenters. The average Bonchev–Trinajstić information content (AvgIpc) is 2.57. The molecule has 0 heterocycles. The summed E-state index contributed by atoms with van der Waals surface area (Å²) in [7, 11) is 0. The van der Waals surface area contributed by atoms with Crippen molar-refractivity contribution in [2.75, 3.05) is 18.4 Å². The molecule has 0 aliphatic carbocycles. The van der Waals surface area contributed by atoms with E-state index in [-0.39, 0.29) is 11.6 Å². The number of halogens is 1. The minimum atomic E-state index is -0.443. The van der Waals surface area contributed by atoms with Crippen molar-refractivity contribution in [2.45, 2.75) is 0 Å². The Morgan fingerprint density at radius 2 is 1.92 bits per heavy atom. The summed E-state index contributed by atoms with van der Waals surface area (Å²) in [4.78, 5) is 21.8. The van der Waals surface area contributed by atoms with Gasteiger partial charge >= 0.3 is 0 Å². The van der Waals surface area contributed by atoms with Gasteiger partial charge in [0, 0.05) is 41.5 Å². The standard InChI is InChI=1S/C17H16BrN3O3/c18-14-3-1-2-13(12-14)4-9-17(22)20-11-10-19-15-5-7-16(8-6-15)21(23)24/h1-9,12,19H,10-11H2,(H,20,22)/b9-4+. The molecule has 0 bridgehead atoms. The molecular weight excluding hydrogens is 374 g/mol. The van der Waals surface area contributed by atoms with Crippen molar-refractivity contribution in [1.82, 2.24) is 5.32 Å². The van der Waals surface area contributed by atoms with Crippen LogP contribution in [0.2, 0.25) is 0 Å². The maximum absolute atomic E-state index is 11.7. The van der Waals surface area contributed by atoms with Crippen LogP contribution in [0.3, 0.4) is 0 Å². The van der Waals surface area contributed by atoms with E-state index in [2.05, 4.69) is 26.6 Å². The number of nitro groups is 1. The summed E-state index contributed by atoms with van der Waals surface area (Å²) in [5.41, 5.74) is 1.74. The molecule has 0 saturated heterocycles. The third kappa shape index (κ3) is 5.85. The van der Waals surface area contributed by atoms with Gasteiger partial charge in [-0.25, -0.2) is 0 Å². The molecule has 0 spiro atoms. The van der Waals surface area contributed by atoms with Gasteiger partial charge in [-0.2, -0.15) is 0 Å². The van der Waals surface area contributed by atoms with Crippen molar-refractivity contribution in [3.05, 3.63) is 74.8 Å². The first-order chi connectivity index (χ1) is 11.5. The number of rotatable bonds is 7. The fourth-order valence-electron chi connectivity index (χ4n) is 1.93. The van der Waals surface area contributed by atoms with Crippen molar-refractivity contribution in [3.8, 4) is 0 Å². The van der Waals surface area contributed by atoms with Gasteiger partial charge < -0.3 is 10.6 Å². The number of nitrogens with zero attached hydrogens (tertiary/aromatic N) is 1. The molecule has 1 amide bonds. The Labute approximate surface area is 147 Å². The highest BCUT2D eigenvalue weighted by Crippen LogP contribution is 2.15. The third-order valence-electron chi connectivity index (χ3n) is 3.11. The van der Waals surface area contributed by atoms with Gasteiger partial charge in [0.05, 0.1) is 4.92 Å². The van der Waals surface area contributed by atoms with Crippen molar-refractivity contribution in [3.63, 3.8) is 0 Å². The molecule has 6 nitrogen and oxygen atoms in total. The number of benzene rings is 2. The highest BCUT2D eigenvalue weighted by atomic mass is 79.9. The Kier molecular flexibility index (Phi) is 6.51. The van der Waals surface area contributed by atoms with E-state index in [4.69, 9.17) is 0 Å². The second-order valence-electron chi connectivity index (χ2n) is 4.91. The molecule has 0 saturated carbocycles. The van der Waals surface area contributed by atoms with Gasteiger partial charge in [0.15, 0.2) is 0 Å². The molecule has 2 aromatic carbocycles. The number of anilines is 1. The molecule has 7 heteroatoms. The lowest BCUT2D eigenvalue weighted by Gasteiger charge is -2.06. The quantitative estimate of drug-likeness (QED) is 0.328. The molecule has 0 unspecified atom stereocenters. The van der Waals surface area contributed by atoms with E-state index in [9.17, 15) is 14.9 Å². The fraction of sp³-hybridized carbons (Fsp3) is 0.118. The van der Waals surface area contributed by atoms with Gasteiger partial charge in [0.1, 0.15) is 0 Å². The van der Waals surface area contributed by atoms with Crippen LogP contribution in [0.5, 0.6) is 0 Å². The topological polar surface area (TPSA) is 84.3 Å². The number of nitrogens with one attached hydrogen (secondary N) is 2. The molecule has 0 aliphatic heterocycles. The lowest BCUT2D eigenvalue weighted by Crippen LogP contribution is -2.27. The van der Waals surface area contributed by atoms with Gasteiger partial charge in [-0.15, -0.1) is 0 Å². The van der Waals surface area contributed by atoms with E-state index < -0.39 is 4.92 Å². The number of hydrogen-bond acceptors (Lipinski definition) is 4. The van der Waals surface area contributed by atoms with Gasteiger partial charge in [0.25, 0.3) is 5.69 Å². The third-order valence-corrected chi connectivity index (χ3v) is 3.60. The summed E-state index contributed by atoms with van der Waals surface area (Å²) >= 11 is 3.37. The molecule has 0 aromatic heterocycles. The molecule has 24 heavy (non-hydrogen) atoms. The first-order valence-corrected chi connectivity index (χ1v) is 8.04. The van der Waals surface area contributed by atoms with Crippen LogP contribution >= 0.6 is 15.9 Å². The van der Waals surface area contributed by atoms with Crippen LogP contribution in [0.1, 0.15) is 5.56 Å². The van der Waals surface area contributed by atoms with Gasteiger partial charge in [-0.3, -0.25) is 14.9 Å². The molecule has 0 aliphatic rings. The minimum absolute atomic E-state index is 0.0477. The zero-order valence-corrected chi connectivity index (χ0v) is 14.3.